The average molecular weight is 389 g/mol. The molecule has 0 unspecified atom stereocenters. The minimum atomic E-state index is -3.79. The van der Waals surface area contributed by atoms with Crippen LogP contribution in [0.2, 0.25) is 5.02 Å². The van der Waals surface area contributed by atoms with Gasteiger partial charge >= 0.3 is 0 Å². The van der Waals surface area contributed by atoms with Gasteiger partial charge in [-0.2, -0.15) is 4.31 Å². The summed E-state index contributed by atoms with van der Waals surface area (Å²) in [5.41, 5.74) is 0. The molecule has 1 aromatic carbocycles. The number of ether oxygens (including phenoxy) is 1. The number of amides is 1. The Bertz CT molecular complexity index is 721. The van der Waals surface area contributed by atoms with Gasteiger partial charge in [0.05, 0.1) is 12.5 Å². The molecular formula is C17H25ClN2O4S. The van der Waals surface area contributed by atoms with Crippen LogP contribution in [0.1, 0.15) is 33.6 Å². The van der Waals surface area contributed by atoms with Gasteiger partial charge in [0.1, 0.15) is 10.6 Å². The molecule has 1 atom stereocenters. The van der Waals surface area contributed by atoms with E-state index in [-0.39, 0.29) is 35.1 Å². The molecule has 1 fully saturated rings. The average Bonchev–Trinajstić information content (AvgIpc) is 2.56. The van der Waals surface area contributed by atoms with Gasteiger partial charge in [-0.1, -0.05) is 11.6 Å². The first-order chi connectivity index (χ1) is 11.8. The van der Waals surface area contributed by atoms with Crippen LogP contribution in [0.5, 0.6) is 5.75 Å². The second-order valence-corrected chi connectivity index (χ2v) is 8.73. The molecule has 1 heterocycles. The van der Waals surface area contributed by atoms with Gasteiger partial charge in [-0.25, -0.2) is 8.42 Å². The molecule has 1 N–H and O–H groups in total. The predicted octanol–water partition coefficient (Wildman–Crippen LogP) is 2.66. The van der Waals surface area contributed by atoms with Crippen LogP contribution in [0, 0.1) is 5.92 Å². The maximum absolute atomic E-state index is 13.1. The smallest absolute Gasteiger partial charge is 0.246 e. The minimum absolute atomic E-state index is 0.0250. The van der Waals surface area contributed by atoms with Crippen molar-refractivity contribution in [3.05, 3.63) is 23.2 Å². The summed E-state index contributed by atoms with van der Waals surface area (Å²) in [6, 6.07) is 4.59. The van der Waals surface area contributed by atoms with Gasteiger partial charge in [-0.15, -0.1) is 0 Å². The fourth-order valence-corrected chi connectivity index (χ4v) is 4.79. The van der Waals surface area contributed by atoms with E-state index in [1.165, 1.54) is 10.4 Å². The molecule has 0 bridgehead atoms. The Hall–Kier alpha value is -1.31. The number of sulfonamides is 1. The Morgan fingerprint density at radius 3 is 2.80 bits per heavy atom. The van der Waals surface area contributed by atoms with Crippen molar-refractivity contribution in [1.82, 2.24) is 9.62 Å². The topological polar surface area (TPSA) is 75.7 Å². The van der Waals surface area contributed by atoms with Gasteiger partial charge < -0.3 is 10.1 Å². The lowest BCUT2D eigenvalue weighted by molar-refractivity contribution is -0.126. The third-order valence-corrected chi connectivity index (χ3v) is 6.13. The molecule has 0 aliphatic carbocycles. The number of rotatable bonds is 6. The van der Waals surface area contributed by atoms with Crippen molar-refractivity contribution in [2.75, 3.05) is 19.7 Å². The summed E-state index contributed by atoms with van der Waals surface area (Å²) in [6.07, 6.45) is 1.32. The summed E-state index contributed by atoms with van der Waals surface area (Å²) in [5, 5.41) is 3.19. The fourth-order valence-electron chi connectivity index (χ4n) is 2.87. The van der Waals surface area contributed by atoms with Crippen molar-refractivity contribution in [2.45, 2.75) is 44.6 Å². The molecule has 1 aliphatic heterocycles. The van der Waals surface area contributed by atoms with Crippen LogP contribution in [-0.4, -0.2) is 44.4 Å². The normalized spacial score (nSPS) is 19.0. The van der Waals surface area contributed by atoms with Crippen molar-refractivity contribution in [3.63, 3.8) is 0 Å². The quantitative estimate of drug-likeness (QED) is 0.812. The van der Waals surface area contributed by atoms with Crippen molar-refractivity contribution in [2.24, 2.45) is 5.92 Å². The molecule has 1 aliphatic rings. The number of benzene rings is 1. The Kier molecular flexibility index (Phi) is 6.71. The van der Waals surface area contributed by atoms with E-state index in [1.54, 1.807) is 19.1 Å². The van der Waals surface area contributed by atoms with E-state index in [1.807, 2.05) is 13.8 Å². The molecule has 0 saturated carbocycles. The lowest BCUT2D eigenvalue weighted by Gasteiger charge is -2.32. The molecule has 6 nitrogen and oxygen atoms in total. The van der Waals surface area contributed by atoms with E-state index in [0.29, 0.717) is 31.0 Å². The summed E-state index contributed by atoms with van der Waals surface area (Å²) in [7, 11) is -3.79. The summed E-state index contributed by atoms with van der Waals surface area (Å²) in [4.78, 5) is 12.3. The zero-order valence-electron chi connectivity index (χ0n) is 14.8. The highest BCUT2D eigenvalue weighted by Gasteiger charge is 2.35. The third-order valence-electron chi connectivity index (χ3n) is 4.01. The number of hydrogen-bond acceptors (Lipinski definition) is 4. The van der Waals surface area contributed by atoms with E-state index in [4.69, 9.17) is 16.3 Å². The van der Waals surface area contributed by atoms with Crippen LogP contribution < -0.4 is 10.1 Å². The molecule has 1 amide bonds. The number of nitrogens with zero attached hydrogens (tertiary/aromatic N) is 1. The van der Waals surface area contributed by atoms with Gasteiger partial charge in [0, 0.05) is 24.2 Å². The highest BCUT2D eigenvalue weighted by Crippen LogP contribution is 2.32. The molecule has 1 saturated heterocycles. The summed E-state index contributed by atoms with van der Waals surface area (Å²) in [5.74, 6) is -0.174. The highest BCUT2D eigenvalue weighted by molar-refractivity contribution is 7.89. The minimum Gasteiger partial charge on any atom is -0.492 e. The third kappa shape index (κ3) is 4.86. The van der Waals surface area contributed by atoms with E-state index in [2.05, 4.69) is 5.32 Å². The lowest BCUT2D eigenvalue weighted by Crippen LogP contribution is -2.46. The maximum atomic E-state index is 13.1. The number of hydrogen-bond donors (Lipinski definition) is 1. The molecule has 2 rings (SSSR count). The number of carbonyl (C=O) groups is 1. The maximum Gasteiger partial charge on any atom is 0.246 e. The lowest BCUT2D eigenvalue weighted by atomic mass is 9.98. The molecule has 0 spiro atoms. The first kappa shape index (κ1) is 20.0. The Balaban J connectivity index is 2.27. The SMILES string of the molecule is CCOc1ccc(Cl)cc1S(=O)(=O)N1CCC[C@H](C(=O)NC(C)C)C1. The van der Waals surface area contributed by atoms with Crippen molar-refractivity contribution in [1.29, 1.82) is 0 Å². The second kappa shape index (κ2) is 8.38. The Morgan fingerprint density at radius 2 is 2.16 bits per heavy atom. The zero-order chi connectivity index (χ0) is 18.6. The fraction of sp³-hybridized carbons (Fsp3) is 0.588. The second-order valence-electron chi connectivity index (χ2n) is 6.39. The highest BCUT2D eigenvalue weighted by atomic mass is 35.5. The van der Waals surface area contributed by atoms with Crippen molar-refractivity contribution in [3.8, 4) is 5.75 Å². The summed E-state index contributed by atoms with van der Waals surface area (Å²) in [6.45, 7) is 6.46. The molecule has 140 valence electrons. The first-order valence-corrected chi connectivity index (χ1v) is 10.3. The zero-order valence-corrected chi connectivity index (χ0v) is 16.4. The predicted molar refractivity (Wildman–Crippen MR) is 97.4 cm³/mol. The Morgan fingerprint density at radius 1 is 1.44 bits per heavy atom. The van der Waals surface area contributed by atoms with Crippen molar-refractivity contribution < 1.29 is 17.9 Å². The van der Waals surface area contributed by atoms with Crippen LogP contribution in [-0.2, 0) is 14.8 Å². The van der Waals surface area contributed by atoms with Crippen LogP contribution >= 0.6 is 11.6 Å². The van der Waals surface area contributed by atoms with Gasteiger partial charge in [-0.05, 0) is 51.8 Å². The van der Waals surface area contributed by atoms with Crippen LogP contribution in [0.15, 0.2) is 23.1 Å². The van der Waals surface area contributed by atoms with Gasteiger partial charge in [-0.3, -0.25) is 4.79 Å². The van der Waals surface area contributed by atoms with Gasteiger partial charge in [0.25, 0.3) is 0 Å². The monoisotopic (exact) mass is 388 g/mol. The number of carbonyl (C=O) groups excluding carboxylic acids is 1. The van der Waals surface area contributed by atoms with Crippen molar-refractivity contribution >= 4 is 27.5 Å². The number of halogens is 1. The summed E-state index contributed by atoms with van der Waals surface area (Å²) >= 11 is 6.00. The molecule has 0 aromatic heterocycles. The van der Waals surface area contributed by atoms with Gasteiger partial charge in [0.2, 0.25) is 15.9 Å². The van der Waals surface area contributed by atoms with E-state index in [9.17, 15) is 13.2 Å². The molecule has 25 heavy (non-hydrogen) atoms. The molecular weight excluding hydrogens is 364 g/mol. The number of piperidine rings is 1. The molecule has 0 radical (unpaired) electrons. The molecule has 8 heteroatoms. The largest absolute Gasteiger partial charge is 0.492 e. The standard InChI is InChI=1S/C17H25ClN2O4S/c1-4-24-15-8-7-14(18)10-16(15)25(22,23)20-9-5-6-13(11-20)17(21)19-12(2)3/h7-8,10,12-13H,4-6,9,11H2,1-3H3,(H,19,21)/t13-/m0/s1. The van der Waals surface area contributed by atoms with E-state index >= 15 is 0 Å². The molecule has 1 aromatic rings. The van der Waals surface area contributed by atoms with Crippen LogP contribution in [0.3, 0.4) is 0 Å². The number of nitrogens with one attached hydrogen (secondary N) is 1. The van der Waals surface area contributed by atoms with E-state index in [0.717, 1.165) is 0 Å². The van der Waals surface area contributed by atoms with Crippen LogP contribution in [0.25, 0.3) is 0 Å². The van der Waals surface area contributed by atoms with Gasteiger partial charge in [0.15, 0.2) is 0 Å². The van der Waals surface area contributed by atoms with Crippen LogP contribution in [0.4, 0.5) is 0 Å². The Labute approximate surface area is 154 Å². The first-order valence-electron chi connectivity index (χ1n) is 8.48. The summed E-state index contributed by atoms with van der Waals surface area (Å²) < 4.78 is 33.0. The van der Waals surface area contributed by atoms with E-state index < -0.39 is 10.0 Å².